The van der Waals surface area contributed by atoms with Crippen LogP contribution in [0.25, 0.3) is 0 Å². The molecule has 2 rings (SSSR count). The van der Waals surface area contributed by atoms with Gasteiger partial charge in [-0.3, -0.25) is 4.79 Å². The molecule has 0 spiro atoms. The van der Waals surface area contributed by atoms with Crippen LogP contribution < -0.4 is 5.73 Å². The zero-order chi connectivity index (χ0) is 11.8. The van der Waals surface area contributed by atoms with Gasteiger partial charge in [0.15, 0.2) is 5.82 Å². The molecule has 0 radical (unpaired) electrons. The number of carbonyl (C=O) groups is 1. The minimum atomic E-state index is -0.449. The fraction of sp³-hybridized carbons (Fsp3) is 0.636. The van der Waals surface area contributed by atoms with E-state index in [-0.39, 0.29) is 5.54 Å². The summed E-state index contributed by atoms with van der Waals surface area (Å²) in [6.45, 7) is 0.920. The first-order chi connectivity index (χ1) is 7.55. The third-order valence-corrected chi connectivity index (χ3v) is 3.27. The topological polar surface area (TPSA) is 64.2 Å². The van der Waals surface area contributed by atoms with Crippen LogP contribution in [-0.2, 0) is 5.54 Å². The summed E-state index contributed by atoms with van der Waals surface area (Å²) >= 11 is 0. The Morgan fingerprint density at radius 2 is 2.31 bits per heavy atom. The van der Waals surface area contributed by atoms with Gasteiger partial charge in [0.2, 0.25) is 0 Å². The van der Waals surface area contributed by atoms with Crippen molar-refractivity contribution in [2.75, 3.05) is 20.6 Å². The van der Waals surface area contributed by atoms with E-state index >= 15 is 0 Å². The monoisotopic (exact) mass is 222 g/mol. The van der Waals surface area contributed by atoms with Crippen LogP contribution in [0.3, 0.4) is 0 Å². The smallest absolute Gasteiger partial charge is 0.284 e. The Morgan fingerprint density at radius 3 is 2.75 bits per heavy atom. The van der Waals surface area contributed by atoms with E-state index in [1.54, 1.807) is 6.20 Å². The molecule has 0 atom stereocenters. The maximum atomic E-state index is 11.3. The molecule has 1 aliphatic carbocycles. The predicted molar refractivity (Wildman–Crippen MR) is 61.1 cm³/mol. The van der Waals surface area contributed by atoms with Gasteiger partial charge in [0.25, 0.3) is 5.91 Å². The van der Waals surface area contributed by atoms with Gasteiger partial charge in [-0.15, -0.1) is 0 Å². The number of imidazole rings is 1. The highest BCUT2D eigenvalue weighted by molar-refractivity contribution is 5.89. The van der Waals surface area contributed by atoms with Crippen molar-refractivity contribution in [2.45, 2.75) is 24.8 Å². The third kappa shape index (κ3) is 1.71. The van der Waals surface area contributed by atoms with Gasteiger partial charge in [0.05, 0.1) is 5.54 Å². The van der Waals surface area contributed by atoms with E-state index in [9.17, 15) is 4.79 Å². The first-order valence-corrected chi connectivity index (χ1v) is 5.53. The SMILES string of the molecule is CN(C)CC1(n2ccnc2C(N)=O)CCC1. The second-order valence-corrected chi connectivity index (χ2v) is 4.80. The molecule has 5 nitrogen and oxygen atoms in total. The summed E-state index contributed by atoms with van der Waals surface area (Å²) in [5, 5.41) is 0. The number of likely N-dealkylation sites (N-methyl/N-ethyl adjacent to an activating group) is 1. The molecule has 5 heteroatoms. The van der Waals surface area contributed by atoms with Crippen LogP contribution >= 0.6 is 0 Å². The predicted octanol–water partition coefficient (Wildman–Crippen LogP) is 0.423. The van der Waals surface area contributed by atoms with Crippen molar-refractivity contribution in [3.05, 3.63) is 18.2 Å². The Bertz CT molecular complexity index is 392. The number of amides is 1. The second-order valence-electron chi connectivity index (χ2n) is 4.80. The number of hydrogen-bond acceptors (Lipinski definition) is 3. The van der Waals surface area contributed by atoms with Crippen molar-refractivity contribution in [3.8, 4) is 0 Å². The van der Waals surface area contributed by atoms with Crippen LogP contribution in [0.15, 0.2) is 12.4 Å². The molecular weight excluding hydrogens is 204 g/mol. The summed E-state index contributed by atoms with van der Waals surface area (Å²) in [5.74, 6) is -0.0726. The van der Waals surface area contributed by atoms with Gasteiger partial charge in [-0.1, -0.05) is 0 Å². The Labute approximate surface area is 95.2 Å². The van der Waals surface area contributed by atoms with Crippen molar-refractivity contribution in [1.29, 1.82) is 0 Å². The van der Waals surface area contributed by atoms with Crippen LogP contribution in [0, 0.1) is 0 Å². The van der Waals surface area contributed by atoms with Crippen LogP contribution in [0.4, 0.5) is 0 Å². The molecule has 88 valence electrons. The van der Waals surface area contributed by atoms with E-state index in [0.717, 1.165) is 19.4 Å². The van der Waals surface area contributed by atoms with E-state index < -0.39 is 5.91 Å². The molecule has 1 aromatic rings. The van der Waals surface area contributed by atoms with Crippen molar-refractivity contribution in [1.82, 2.24) is 14.5 Å². The highest BCUT2D eigenvalue weighted by atomic mass is 16.1. The summed E-state index contributed by atoms with van der Waals surface area (Å²) in [5.41, 5.74) is 5.35. The quantitative estimate of drug-likeness (QED) is 0.803. The summed E-state index contributed by atoms with van der Waals surface area (Å²) < 4.78 is 1.96. The number of nitrogens with two attached hydrogens (primary N) is 1. The van der Waals surface area contributed by atoms with Crippen molar-refractivity contribution < 1.29 is 4.79 Å². The van der Waals surface area contributed by atoms with Gasteiger partial charge in [0.1, 0.15) is 0 Å². The van der Waals surface area contributed by atoms with Gasteiger partial charge in [-0.25, -0.2) is 4.98 Å². The summed E-state index contributed by atoms with van der Waals surface area (Å²) in [6, 6.07) is 0. The molecule has 1 aromatic heterocycles. The van der Waals surface area contributed by atoms with Gasteiger partial charge < -0.3 is 15.2 Å². The van der Waals surface area contributed by atoms with Crippen LogP contribution in [0.5, 0.6) is 0 Å². The number of rotatable bonds is 4. The molecule has 1 amide bonds. The third-order valence-electron chi connectivity index (χ3n) is 3.27. The fourth-order valence-corrected chi connectivity index (χ4v) is 2.52. The maximum absolute atomic E-state index is 11.3. The normalized spacial score (nSPS) is 18.4. The van der Waals surface area contributed by atoms with E-state index in [2.05, 4.69) is 9.88 Å². The molecule has 16 heavy (non-hydrogen) atoms. The minimum Gasteiger partial charge on any atom is -0.363 e. The van der Waals surface area contributed by atoms with E-state index in [4.69, 9.17) is 5.73 Å². The lowest BCUT2D eigenvalue weighted by Crippen LogP contribution is -2.49. The van der Waals surface area contributed by atoms with Gasteiger partial charge in [-0.2, -0.15) is 0 Å². The molecule has 0 aromatic carbocycles. The maximum Gasteiger partial charge on any atom is 0.284 e. The van der Waals surface area contributed by atoms with Gasteiger partial charge in [-0.05, 0) is 33.4 Å². The van der Waals surface area contributed by atoms with Crippen molar-refractivity contribution >= 4 is 5.91 Å². The molecule has 2 N–H and O–H groups in total. The molecule has 1 aliphatic rings. The first-order valence-electron chi connectivity index (χ1n) is 5.53. The Kier molecular flexibility index (Phi) is 2.71. The number of hydrogen-bond donors (Lipinski definition) is 1. The van der Waals surface area contributed by atoms with Crippen LogP contribution in [0.2, 0.25) is 0 Å². The molecule has 0 aliphatic heterocycles. The number of primary amides is 1. The number of nitrogens with zero attached hydrogens (tertiary/aromatic N) is 3. The first kappa shape index (κ1) is 11.1. The molecular formula is C11H18N4O. The Morgan fingerprint density at radius 1 is 1.62 bits per heavy atom. The molecule has 0 bridgehead atoms. The summed E-state index contributed by atoms with van der Waals surface area (Å²) in [7, 11) is 4.09. The highest BCUT2D eigenvalue weighted by Gasteiger charge is 2.40. The number of aromatic nitrogens is 2. The Hall–Kier alpha value is -1.36. The van der Waals surface area contributed by atoms with Crippen molar-refractivity contribution in [2.24, 2.45) is 5.73 Å². The van der Waals surface area contributed by atoms with Crippen molar-refractivity contribution in [3.63, 3.8) is 0 Å². The molecule has 1 heterocycles. The van der Waals surface area contributed by atoms with E-state index in [0.29, 0.717) is 5.82 Å². The van der Waals surface area contributed by atoms with Crippen LogP contribution in [-0.4, -0.2) is 41.0 Å². The molecule has 0 unspecified atom stereocenters. The van der Waals surface area contributed by atoms with Crippen LogP contribution in [0.1, 0.15) is 29.9 Å². The zero-order valence-electron chi connectivity index (χ0n) is 9.81. The molecule has 1 saturated carbocycles. The Balaban J connectivity index is 2.33. The van der Waals surface area contributed by atoms with Gasteiger partial charge in [0, 0.05) is 18.9 Å². The summed E-state index contributed by atoms with van der Waals surface area (Å²) in [4.78, 5) is 17.5. The average Bonchev–Trinajstić information content (AvgIpc) is 2.59. The largest absolute Gasteiger partial charge is 0.363 e. The standard InChI is InChI=1S/C11H18N4O/c1-14(2)8-11(4-3-5-11)15-7-6-13-10(15)9(12)16/h6-7H,3-5,8H2,1-2H3,(H2,12,16). The average molecular weight is 222 g/mol. The second kappa shape index (κ2) is 3.90. The lowest BCUT2D eigenvalue weighted by Gasteiger charge is -2.45. The highest BCUT2D eigenvalue weighted by Crippen LogP contribution is 2.40. The zero-order valence-corrected chi connectivity index (χ0v) is 9.81. The summed E-state index contributed by atoms with van der Waals surface area (Å²) in [6.07, 6.45) is 6.88. The molecule has 0 saturated heterocycles. The lowest BCUT2D eigenvalue weighted by molar-refractivity contribution is 0.0844. The lowest BCUT2D eigenvalue weighted by atomic mass is 9.76. The van der Waals surface area contributed by atoms with E-state index in [1.807, 2.05) is 24.9 Å². The minimum absolute atomic E-state index is 0.0182. The number of carbonyl (C=O) groups excluding carboxylic acids is 1. The van der Waals surface area contributed by atoms with E-state index in [1.165, 1.54) is 6.42 Å². The van der Waals surface area contributed by atoms with Gasteiger partial charge >= 0.3 is 0 Å². The molecule has 1 fully saturated rings. The fourth-order valence-electron chi connectivity index (χ4n) is 2.52.